The van der Waals surface area contributed by atoms with E-state index in [9.17, 15) is 0 Å². The number of imidazole rings is 1. The third-order valence-electron chi connectivity index (χ3n) is 4.42. The molecular weight excluding hydrogens is 354 g/mol. The average Bonchev–Trinajstić information content (AvgIpc) is 3.43. The van der Waals surface area contributed by atoms with Crippen molar-refractivity contribution in [1.82, 2.24) is 19.5 Å². The van der Waals surface area contributed by atoms with Crippen LogP contribution in [-0.4, -0.2) is 25.7 Å². The van der Waals surface area contributed by atoms with Crippen LogP contribution in [0, 0.1) is 0 Å². The lowest BCUT2D eigenvalue weighted by Gasteiger charge is -1.95. The van der Waals surface area contributed by atoms with Crippen LogP contribution in [0.25, 0.3) is 39.0 Å². The van der Waals surface area contributed by atoms with E-state index in [0.717, 1.165) is 27.7 Å². The Balaban J connectivity index is 1.42. The molecule has 0 atom stereocenters. The smallest absolute Gasteiger partial charge is 0.229 e. The van der Waals surface area contributed by atoms with E-state index in [-0.39, 0.29) is 0 Å². The van der Waals surface area contributed by atoms with Crippen LogP contribution in [0.2, 0.25) is 0 Å². The molecule has 5 aromatic rings. The van der Waals surface area contributed by atoms with Crippen molar-refractivity contribution in [1.29, 1.82) is 0 Å². The second-order valence-corrected chi connectivity index (χ2v) is 6.36. The van der Waals surface area contributed by atoms with E-state index in [1.54, 1.807) is 12.4 Å². The van der Waals surface area contributed by atoms with Crippen LogP contribution in [0.3, 0.4) is 0 Å². The number of nitrogens with zero attached hydrogens (tertiary/aromatic N) is 5. The van der Waals surface area contributed by atoms with Crippen LogP contribution in [0.4, 0.5) is 5.95 Å². The molecule has 0 radical (unpaired) electrons. The summed E-state index contributed by atoms with van der Waals surface area (Å²) in [5.41, 5.74) is 4.51. The minimum atomic E-state index is 0.561. The first-order chi connectivity index (χ1) is 13.7. The Morgan fingerprint density at radius 2 is 2.14 bits per heavy atom. The maximum atomic E-state index is 5.71. The van der Waals surface area contributed by atoms with Crippen LogP contribution in [0.5, 0.6) is 0 Å². The summed E-state index contributed by atoms with van der Waals surface area (Å²) in [6.45, 7) is 4.03. The van der Waals surface area contributed by atoms with Gasteiger partial charge in [-0.25, -0.2) is 19.9 Å². The Kier molecular flexibility index (Phi) is 3.65. The number of oxazole rings is 1. The highest BCUT2D eigenvalue weighted by Crippen LogP contribution is 2.26. The van der Waals surface area contributed by atoms with E-state index in [1.165, 1.54) is 6.39 Å². The predicted molar refractivity (Wildman–Crippen MR) is 107 cm³/mol. The Morgan fingerprint density at radius 1 is 1.21 bits per heavy atom. The van der Waals surface area contributed by atoms with Gasteiger partial charge in [0.15, 0.2) is 12.0 Å². The van der Waals surface area contributed by atoms with E-state index >= 15 is 0 Å². The molecule has 0 bridgehead atoms. The first kappa shape index (κ1) is 16.2. The van der Waals surface area contributed by atoms with Crippen molar-refractivity contribution >= 4 is 39.9 Å². The Labute approximate surface area is 159 Å². The fourth-order valence-corrected chi connectivity index (χ4v) is 2.96. The molecule has 4 aromatic heterocycles. The van der Waals surface area contributed by atoms with Crippen molar-refractivity contribution in [3.05, 3.63) is 67.5 Å². The molecule has 5 rings (SSSR count). The number of hydrogen-bond acceptors (Lipinski definition) is 6. The summed E-state index contributed by atoms with van der Waals surface area (Å²) in [6.07, 6.45) is 6.69. The van der Waals surface area contributed by atoms with Gasteiger partial charge in [-0.2, -0.15) is 0 Å². The number of aliphatic imine (C=N–C) groups is 1. The zero-order valence-electron chi connectivity index (χ0n) is 15.0. The van der Waals surface area contributed by atoms with Crippen molar-refractivity contribution in [3.8, 4) is 11.3 Å². The maximum absolute atomic E-state index is 5.71. The first-order valence-electron chi connectivity index (χ1n) is 8.62. The molecule has 0 amide bonds. The van der Waals surface area contributed by atoms with Crippen LogP contribution in [0.15, 0.2) is 75.6 Å². The second-order valence-electron chi connectivity index (χ2n) is 6.36. The number of rotatable bonds is 4. The normalized spacial score (nSPS) is 11.8. The number of furan rings is 1. The largest absolute Gasteiger partial charge is 0.443 e. The molecule has 7 nitrogen and oxygen atoms in total. The Morgan fingerprint density at radius 3 is 3.04 bits per heavy atom. The maximum Gasteiger partial charge on any atom is 0.229 e. The molecule has 28 heavy (non-hydrogen) atoms. The summed E-state index contributed by atoms with van der Waals surface area (Å²) in [4.78, 5) is 17.4. The molecule has 0 aliphatic heterocycles. The van der Waals surface area contributed by atoms with E-state index < -0.39 is 0 Å². The molecule has 136 valence electrons. The monoisotopic (exact) mass is 369 g/mol. The highest BCUT2D eigenvalue weighted by atomic mass is 16.3. The van der Waals surface area contributed by atoms with E-state index in [4.69, 9.17) is 8.83 Å². The van der Waals surface area contributed by atoms with Crippen molar-refractivity contribution in [2.24, 2.45) is 12.0 Å². The molecule has 0 saturated carbocycles. The first-order valence-corrected chi connectivity index (χ1v) is 8.62. The Bertz CT molecular complexity index is 1320. The molecule has 0 N–H and O–H groups in total. The minimum absolute atomic E-state index is 0.561. The van der Waals surface area contributed by atoms with Gasteiger partial charge < -0.3 is 13.4 Å². The van der Waals surface area contributed by atoms with Crippen LogP contribution in [-0.2, 0) is 7.05 Å². The summed E-state index contributed by atoms with van der Waals surface area (Å²) in [5, 5.41) is 0.926. The highest BCUT2D eigenvalue weighted by molar-refractivity contribution is 6.09. The summed E-state index contributed by atoms with van der Waals surface area (Å²) in [5.74, 6) is 1.19. The van der Waals surface area contributed by atoms with Gasteiger partial charge in [-0.1, -0.05) is 6.58 Å². The van der Waals surface area contributed by atoms with Gasteiger partial charge in [0.25, 0.3) is 0 Å². The van der Waals surface area contributed by atoms with Gasteiger partial charge in [0.1, 0.15) is 11.3 Å². The average molecular weight is 369 g/mol. The zero-order chi connectivity index (χ0) is 19.1. The molecule has 0 aliphatic rings. The minimum Gasteiger partial charge on any atom is -0.443 e. The quantitative estimate of drug-likeness (QED) is 0.426. The third kappa shape index (κ3) is 2.79. The lowest BCUT2D eigenvalue weighted by Crippen LogP contribution is -1.85. The fraction of sp³-hybridized carbons (Fsp3) is 0.0476. The van der Waals surface area contributed by atoms with Gasteiger partial charge in [0, 0.05) is 42.2 Å². The molecule has 7 heteroatoms. The summed E-state index contributed by atoms with van der Waals surface area (Å²) in [7, 11) is 1.89. The van der Waals surface area contributed by atoms with Crippen LogP contribution in [0.1, 0.15) is 5.76 Å². The molecule has 0 fully saturated rings. The predicted octanol–water partition coefficient (Wildman–Crippen LogP) is 4.79. The molecule has 0 unspecified atom stereocenters. The number of hydrogen-bond donors (Lipinski definition) is 0. The SMILES string of the molecule is C=C(C=Nc1nc(-c2ccc3ocnc3c2)cn1C)c1cc2cccnc2o1. The topological polar surface area (TPSA) is 82.2 Å². The zero-order valence-corrected chi connectivity index (χ0v) is 15.0. The lowest BCUT2D eigenvalue weighted by atomic mass is 10.1. The summed E-state index contributed by atoms with van der Waals surface area (Å²) >= 11 is 0. The van der Waals surface area contributed by atoms with Crippen molar-refractivity contribution in [2.45, 2.75) is 0 Å². The second kappa shape index (κ2) is 6.31. The van der Waals surface area contributed by atoms with E-state index in [2.05, 4.69) is 26.5 Å². The molecule has 4 heterocycles. The van der Waals surface area contributed by atoms with E-state index in [1.807, 2.05) is 54.2 Å². The van der Waals surface area contributed by atoms with Crippen LogP contribution >= 0.6 is 0 Å². The molecule has 1 aromatic carbocycles. The third-order valence-corrected chi connectivity index (χ3v) is 4.42. The van der Waals surface area contributed by atoms with Gasteiger partial charge in [-0.15, -0.1) is 0 Å². The molecule has 0 spiro atoms. The van der Waals surface area contributed by atoms with E-state index in [0.29, 0.717) is 23.0 Å². The summed E-state index contributed by atoms with van der Waals surface area (Å²) < 4.78 is 12.8. The number of aromatic nitrogens is 4. The van der Waals surface area contributed by atoms with Gasteiger partial charge in [-0.3, -0.25) is 0 Å². The standard InChI is InChI=1S/C21H15N5O2/c1-13(19-9-15-4-3-7-22-20(15)28-19)10-23-21-25-17(11-26(21)2)14-5-6-18-16(8-14)24-12-27-18/h3-12H,1H2,2H3. The van der Waals surface area contributed by atoms with Gasteiger partial charge in [0.2, 0.25) is 11.7 Å². The highest BCUT2D eigenvalue weighted by Gasteiger charge is 2.10. The van der Waals surface area contributed by atoms with Crippen molar-refractivity contribution in [2.75, 3.05) is 0 Å². The van der Waals surface area contributed by atoms with Crippen molar-refractivity contribution in [3.63, 3.8) is 0 Å². The molecule has 0 aliphatic carbocycles. The van der Waals surface area contributed by atoms with Crippen LogP contribution < -0.4 is 0 Å². The number of pyridine rings is 1. The number of fused-ring (bicyclic) bond motifs is 2. The van der Waals surface area contributed by atoms with Crippen molar-refractivity contribution < 1.29 is 8.83 Å². The number of benzene rings is 1. The number of allylic oxidation sites excluding steroid dienone is 1. The van der Waals surface area contributed by atoms with Gasteiger partial charge in [-0.05, 0) is 36.4 Å². The molecule has 0 saturated heterocycles. The number of aryl methyl sites for hydroxylation is 1. The van der Waals surface area contributed by atoms with Gasteiger partial charge >= 0.3 is 0 Å². The summed E-state index contributed by atoms with van der Waals surface area (Å²) in [6, 6.07) is 11.5. The fourth-order valence-electron chi connectivity index (χ4n) is 2.96. The lowest BCUT2D eigenvalue weighted by molar-refractivity contribution is 0.590. The van der Waals surface area contributed by atoms with Gasteiger partial charge in [0.05, 0.1) is 5.69 Å². The molecular formula is C21H15N5O2. The Hall–Kier alpha value is -4.00.